The number of hydrogen-bond donors (Lipinski definition) is 1. The fourth-order valence-electron chi connectivity index (χ4n) is 2.19. The van der Waals surface area contributed by atoms with E-state index in [9.17, 15) is 0 Å². The molecule has 0 aliphatic heterocycles. The molecule has 116 valence electrons. The maximum absolute atomic E-state index is 5.50. The van der Waals surface area contributed by atoms with Crippen molar-refractivity contribution in [1.82, 2.24) is 5.32 Å². The molecule has 19 heavy (non-hydrogen) atoms. The molecule has 0 aromatic carbocycles. The molecule has 0 unspecified atom stereocenters. The van der Waals surface area contributed by atoms with E-state index in [4.69, 9.17) is 18.9 Å². The second kappa shape index (κ2) is 10.0. The maximum Gasteiger partial charge on any atom is 0.145 e. The highest BCUT2D eigenvalue weighted by atomic mass is 28.2. The zero-order chi connectivity index (χ0) is 14.8. The van der Waals surface area contributed by atoms with Gasteiger partial charge in [0.05, 0.1) is 19.0 Å². The van der Waals surface area contributed by atoms with Gasteiger partial charge >= 0.3 is 0 Å². The van der Waals surface area contributed by atoms with E-state index in [0.29, 0.717) is 0 Å². The first-order valence-corrected chi connectivity index (χ1v) is 11.2. The first kappa shape index (κ1) is 19.2. The molecule has 0 saturated heterocycles. The average Bonchev–Trinajstić information content (AvgIpc) is 2.48. The van der Waals surface area contributed by atoms with Crippen molar-refractivity contribution in [2.75, 3.05) is 41.5 Å². The summed E-state index contributed by atoms with van der Waals surface area (Å²) in [6.45, 7) is 6.18. The summed E-state index contributed by atoms with van der Waals surface area (Å²) in [6.07, 6.45) is 1.78. The quantitative estimate of drug-likeness (QED) is 0.304. The fraction of sp³-hybridized carbons (Fsp3) is 1.00. The Morgan fingerprint density at radius 2 is 1.05 bits per heavy atom. The second-order valence-electron chi connectivity index (χ2n) is 4.59. The lowest BCUT2D eigenvalue weighted by molar-refractivity contribution is -0.150. The minimum atomic E-state index is -0.381. The molecule has 7 heteroatoms. The van der Waals surface area contributed by atoms with E-state index in [1.807, 2.05) is 0 Å². The van der Waals surface area contributed by atoms with Crippen LogP contribution in [0.25, 0.3) is 0 Å². The third-order valence-corrected chi connectivity index (χ3v) is 7.95. The molecule has 0 aliphatic rings. The Labute approximate surface area is 122 Å². The van der Waals surface area contributed by atoms with Crippen molar-refractivity contribution in [3.05, 3.63) is 0 Å². The summed E-state index contributed by atoms with van der Waals surface area (Å²) in [5.41, 5.74) is -0.655. The van der Waals surface area contributed by atoms with Crippen LogP contribution in [-0.2, 0) is 18.9 Å². The zero-order valence-electron chi connectivity index (χ0n) is 13.4. The molecule has 0 aromatic rings. The highest BCUT2D eigenvalue weighted by molar-refractivity contribution is 6.37. The number of rotatable bonds is 12. The normalized spacial score (nSPS) is 14.2. The summed E-state index contributed by atoms with van der Waals surface area (Å²) in [7, 11) is 6.14. The summed E-state index contributed by atoms with van der Waals surface area (Å²) in [5.74, 6) is 0. The van der Waals surface area contributed by atoms with E-state index in [1.165, 1.54) is 0 Å². The summed E-state index contributed by atoms with van der Waals surface area (Å²) >= 11 is 0. The third kappa shape index (κ3) is 6.03. The molecule has 0 bridgehead atoms. The zero-order valence-corrected chi connectivity index (χ0v) is 16.2. The Balaban J connectivity index is 3.98. The molecule has 0 heterocycles. The Kier molecular flexibility index (Phi) is 10.2. The molecule has 5 nitrogen and oxygen atoms in total. The number of nitrogens with one attached hydrogen (secondary N) is 1. The summed E-state index contributed by atoms with van der Waals surface area (Å²) in [4.78, 5) is 0. The van der Waals surface area contributed by atoms with Gasteiger partial charge in [-0.25, -0.2) is 0 Å². The fourth-order valence-corrected chi connectivity index (χ4v) is 4.40. The van der Waals surface area contributed by atoms with Gasteiger partial charge in [0, 0.05) is 41.3 Å². The molecule has 0 spiro atoms. The van der Waals surface area contributed by atoms with Crippen molar-refractivity contribution in [2.24, 2.45) is 0 Å². The molecule has 0 amide bonds. The van der Waals surface area contributed by atoms with Crippen molar-refractivity contribution >= 4 is 19.0 Å². The highest BCUT2D eigenvalue weighted by Crippen LogP contribution is 2.15. The van der Waals surface area contributed by atoms with Gasteiger partial charge in [-0.2, -0.15) is 0 Å². The lowest BCUT2D eigenvalue weighted by Gasteiger charge is -2.31. The van der Waals surface area contributed by atoms with Gasteiger partial charge < -0.3 is 24.3 Å². The van der Waals surface area contributed by atoms with Crippen LogP contribution in [0.2, 0.25) is 13.1 Å². The number of ether oxygens (including phenoxy) is 4. The van der Waals surface area contributed by atoms with Gasteiger partial charge in [0.15, 0.2) is 0 Å². The van der Waals surface area contributed by atoms with Gasteiger partial charge in [-0.15, -0.1) is 0 Å². The minimum absolute atomic E-state index is 0.327. The van der Waals surface area contributed by atoms with Gasteiger partial charge in [-0.1, -0.05) is 13.1 Å². The molecular formula is C12H31NO4Si2. The van der Waals surface area contributed by atoms with Crippen LogP contribution in [0.1, 0.15) is 12.8 Å². The molecule has 0 atom stereocenters. The second-order valence-corrected chi connectivity index (χ2v) is 8.16. The van der Waals surface area contributed by atoms with Gasteiger partial charge in [0.25, 0.3) is 0 Å². The van der Waals surface area contributed by atoms with E-state index in [1.54, 1.807) is 28.4 Å². The highest BCUT2D eigenvalue weighted by Gasteiger charge is 2.28. The van der Waals surface area contributed by atoms with Gasteiger partial charge in [0.1, 0.15) is 10.8 Å². The van der Waals surface area contributed by atoms with Crippen molar-refractivity contribution in [2.45, 2.75) is 36.8 Å². The largest absolute Gasteiger partial charge is 0.358 e. The van der Waals surface area contributed by atoms with Crippen LogP contribution in [0.3, 0.4) is 0 Å². The standard InChI is InChI=1S/C12H31NO4Si2/c1-14-11(15-2,18-5)7-9-13-10-8-12(16-3,17-4)19-6/h13H,7-10,18-19H2,1-6H3. The molecule has 1 N–H and O–H groups in total. The Bertz CT molecular complexity index is 185. The number of methoxy groups -OCH3 is 4. The Morgan fingerprint density at radius 3 is 1.26 bits per heavy atom. The van der Waals surface area contributed by atoms with Crippen molar-refractivity contribution in [3.63, 3.8) is 0 Å². The molecule has 0 rings (SSSR count). The predicted octanol–water partition coefficient (Wildman–Crippen LogP) is -0.317. The lowest BCUT2D eigenvalue weighted by atomic mass is 10.3. The van der Waals surface area contributed by atoms with Crippen LogP contribution < -0.4 is 5.32 Å². The molecule has 0 fully saturated rings. The predicted molar refractivity (Wildman–Crippen MR) is 84.4 cm³/mol. The third-order valence-electron chi connectivity index (χ3n) is 3.93. The van der Waals surface area contributed by atoms with Crippen molar-refractivity contribution < 1.29 is 18.9 Å². The molecule has 0 aliphatic carbocycles. The Hall–Kier alpha value is 0.234. The van der Waals surface area contributed by atoms with Crippen LogP contribution in [-0.4, -0.2) is 71.4 Å². The van der Waals surface area contributed by atoms with E-state index < -0.39 is 0 Å². The average molecular weight is 310 g/mol. The Morgan fingerprint density at radius 1 is 0.737 bits per heavy atom. The molecule has 0 aromatic heterocycles. The van der Waals surface area contributed by atoms with Gasteiger partial charge in [-0.05, 0) is 13.1 Å². The monoisotopic (exact) mass is 309 g/mol. The van der Waals surface area contributed by atoms with Crippen LogP contribution in [0.5, 0.6) is 0 Å². The first-order valence-electron chi connectivity index (χ1n) is 6.99. The summed E-state index contributed by atoms with van der Waals surface area (Å²) in [6, 6.07) is 0. The van der Waals surface area contributed by atoms with Gasteiger partial charge in [0.2, 0.25) is 0 Å². The van der Waals surface area contributed by atoms with E-state index in [-0.39, 0.29) is 29.9 Å². The lowest BCUT2D eigenvalue weighted by Crippen LogP contribution is -2.44. The first-order chi connectivity index (χ1) is 9.07. The minimum Gasteiger partial charge on any atom is -0.358 e. The van der Waals surface area contributed by atoms with Crippen LogP contribution in [0.15, 0.2) is 0 Å². The topological polar surface area (TPSA) is 49.0 Å². The van der Waals surface area contributed by atoms with Gasteiger partial charge in [-0.3, -0.25) is 0 Å². The van der Waals surface area contributed by atoms with E-state index in [0.717, 1.165) is 25.9 Å². The van der Waals surface area contributed by atoms with E-state index >= 15 is 0 Å². The van der Waals surface area contributed by atoms with Crippen LogP contribution in [0.4, 0.5) is 0 Å². The van der Waals surface area contributed by atoms with E-state index in [2.05, 4.69) is 18.4 Å². The summed E-state index contributed by atoms with van der Waals surface area (Å²) < 4.78 is 22.0. The van der Waals surface area contributed by atoms with Crippen LogP contribution >= 0.6 is 0 Å². The maximum atomic E-state index is 5.50. The SMILES string of the molecule is COC(CCNCCC(OC)(OC)[SiH2]C)(OC)[SiH2]C. The molecule has 0 radical (unpaired) electrons. The molecular weight excluding hydrogens is 278 g/mol. The van der Waals surface area contributed by atoms with Crippen molar-refractivity contribution in [1.29, 1.82) is 0 Å². The van der Waals surface area contributed by atoms with Crippen molar-refractivity contribution in [3.8, 4) is 0 Å². The smallest absolute Gasteiger partial charge is 0.145 e. The molecule has 0 saturated carbocycles. The summed E-state index contributed by atoms with van der Waals surface area (Å²) in [5, 5.41) is 3.43. The number of hydrogen-bond acceptors (Lipinski definition) is 5. The van der Waals surface area contributed by atoms with Crippen LogP contribution in [0, 0.1) is 0 Å².